The number of carbonyl (C=O) groups excluding carboxylic acids is 1. The number of nitrogens with zero attached hydrogens (tertiary/aromatic N) is 3. The van der Waals surface area contributed by atoms with Gasteiger partial charge in [0.25, 0.3) is 5.56 Å². The third-order valence-corrected chi connectivity index (χ3v) is 8.13. The van der Waals surface area contributed by atoms with Gasteiger partial charge < -0.3 is 10.2 Å². The number of aromatic nitrogens is 2. The molecule has 0 saturated carbocycles. The maximum absolute atomic E-state index is 13.2. The molecule has 0 unspecified atom stereocenters. The van der Waals surface area contributed by atoms with E-state index < -0.39 is 0 Å². The second-order valence-electron chi connectivity index (χ2n) is 7.89. The number of amides is 1. The minimum absolute atomic E-state index is 0.0341. The number of hydrogen-bond acceptors (Lipinski definition) is 6. The van der Waals surface area contributed by atoms with E-state index in [1.807, 2.05) is 31.2 Å². The van der Waals surface area contributed by atoms with E-state index in [2.05, 4.69) is 24.1 Å². The SMILES string of the molecule is CCN(CC)c1ccc(NC(=O)CSc2nc3sc4c(c3c(=O)n2CC)CCCC4)cc1. The third-order valence-electron chi connectivity index (χ3n) is 5.97. The van der Waals surface area contributed by atoms with E-state index in [0.717, 1.165) is 53.9 Å². The average Bonchev–Trinajstić information content (AvgIpc) is 3.18. The molecule has 2 aromatic heterocycles. The van der Waals surface area contributed by atoms with Crippen LogP contribution in [0.3, 0.4) is 0 Å². The van der Waals surface area contributed by atoms with Gasteiger partial charge in [-0.25, -0.2) is 4.98 Å². The molecule has 0 spiro atoms. The standard InChI is InChI=1S/C24H30N4O2S2/c1-4-27(5-2)17-13-11-16(12-14-17)25-20(29)15-31-24-26-22-21(23(30)28(24)6-3)18-9-7-8-10-19(18)32-22/h11-14H,4-10,15H2,1-3H3,(H,25,29). The summed E-state index contributed by atoms with van der Waals surface area (Å²) in [6, 6.07) is 7.91. The monoisotopic (exact) mass is 470 g/mol. The number of carbonyl (C=O) groups is 1. The number of nitrogens with one attached hydrogen (secondary N) is 1. The number of thioether (sulfide) groups is 1. The van der Waals surface area contributed by atoms with Crippen LogP contribution in [0.25, 0.3) is 10.2 Å². The summed E-state index contributed by atoms with van der Waals surface area (Å²) >= 11 is 2.98. The molecule has 1 aromatic carbocycles. The van der Waals surface area contributed by atoms with Crippen molar-refractivity contribution in [3.05, 3.63) is 45.1 Å². The van der Waals surface area contributed by atoms with E-state index >= 15 is 0 Å². The molecule has 0 saturated heterocycles. The van der Waals surface area contributed by atoms with Gasteiger partial charge in [-0.3, -0.25) is 14.2 Å². The highest BCUT2D eigenvalue weighted by Crippen LogP contribution is 2.34. The van der Waals surface area contributed by atoms with Crippen LogP contribution >= 0.6 is 23.1 Å². The highest BCUT2D eigenvalue weighted by molar-refractivity contribution is 7.99. The fraction of sp³-hybridized carbons (Fsp3) is 0.458. The van der Waals surface area contributed by atoms with Gasteiger partial charge in [-0.15, -0.1) is 11.3 Å². The first-order valence-corrected chi connectivity index (χ1v) is 13.2. The van der Waals surface area contributed by atoms with Crippen LogP contribution in [-0.4, -0.2) is 34.3 Å². The van der Waals surface area contributed by atoms with Gasteiger partial charge in [0.05, 0.1) is 11.1 Å². The average molecular weight is 471 g/mol. The molecule has 0 fully saturated rings. The normalized spacial score (nSPS) is 13.2. The number of aryl methyl sites for hydroxylation is 2. The van der Waals surface area contributed by atoms with Crippen molar-refractivity contribution in [2.75, 3.05) is 29.1 Å². The minimum atomic E-state index is -0.104. The molecule has 1 aliphatic carbocycles. The number of hydrogen-bond donors (Lipinski definition) is 1. The van der Waals surface area contributed by atoms with E-state index in [9.17, 15) is 9.59 Å². The summed E-state index contributed by atoms with van der Waals surface area (Å²) in [6.07, 6.45) is 4.33. The molecule has 0 aliphatic heterocycles. The van der Waals surface area contributed by atoms with Crippen LogP contribution in [0.15, 0.2) is 34.2 Å². The molecule has 2 heterocycles. The maximum atomic E-state index is 13.2. The minimum Gasteiger partial charge on any atom is -0.372 e. The Morgan fingerprint density at radius 1 is 1.16 bits per heavy atom. The van der Waals surface area contributed by atoms with Gasteiger partial charge in [0.2, 0.25) is 5.91 Å². The number of fused-ring (bicyclic) bond motifs is 3. The van der Waals surface area contributed by atoms with Crippen LogP contribution < -0.4 is 15.8 Å². The van der Waals surface area contributed by atoms with Crippen molar-refractivity contribution in [2.24, 2.45) is 0 Å². The summed E-state index contributed by atoms with van der Waals surface area (Å²) in [7, 11) is 0. The molecular formula is C24H30N4O2S2. The van der Waals surface area contributed by atoms with Crippen molar-refractivity contribution in [1.82, 2.24) is 9.55 Å². The predicted octanol–water partition coefficient (Wildman–Crippen LogP) is 4.93. The molecule has 1 aliphatic rings. The quantitative estimate of drug-likeness (QED) is 0.373. The molecule has 1 amide bonds. The molecule has 0 atom stereocenters. The molecule has 32 heavy (non-hydrogen) atoms. The zero-order chi connectivity index (χ0) is 22.7. The first-order chi connectivity index (χ1) is 15.5. The zero-order valence-corrected chi connectivity index (χ0v) is 20.6. The van der Waals surface area contributed by atoms with E-state index in [-0.39, 0.29) is 17.2 Å². The maximum Gasteiger partial charge on any atom is 0.263 e. The Morgan fingerprint density at radius 2 is 1.88 bits per heavy atom. The van der Waals surface area contributed by atoms with Crippen molar-refractivity contribution in [3.63, 3.8) is 0 Å². The van der Waals surface area contributed by atoms with Crippen LogP contribution in [0.1, 0.15) is 44.1 Å². The summed E-state index contributed by atoms with van der Waals surface area (Å²) < 4.78 is 1.71. The lowest BCUT2D eigenvalue weighted by Gasteiger charge is -2.21. The van der Waals surface area contributed by atoms with Crippen LogP contribution in [0.5, 0.6) is 0 Å². The van der Waals surface area contributed by atoms with E-state index in [4.69, 9.17) is 4.98 Å². The van der Waals surface area contributed by atoms with Gasteiger partial charge in [0.1, 0.15) is 4.83 Å². The smallest absolute Gasteiger partial charge is 0.263 e. The predicted molar refractivity (Wildman–Crippen MR) is 136 cm³/mol. The molecule has 4 rings (SSSR count). The summed E-state index contributed by atoms with van der Waals surface area (Å²) in [4.78, 5) is 35.0. The van der Waals surface area contributed by atoms with Crippen molar-refractivity contribution >= 4 is 50.6 Å². The first-order valence-electron chi connectivity index (χ1n) is 11.4. The summed E-state index contributed by atoms with van der Waals surface area (Å²) in [5.41, 5.74) is 3.16. The summed E-state index contributed by atoms with van der Waals surface area (Å²) in [6.45, 7) is 8.65. The van der Waals surface area contributed by atoms with Crippen LogP contribution in [0.4, 0.5) is 11.4 Å². The van der Waals surface area contributed by atoms with E-state index in [1.165, 1.54) is 28.6 Å². The fourth-order valence-electron chi connectivity index (χ4n) is 4.28. The molecule has 0 bridgehead atoms. The number of anilines is 2. The second-order valence-corrected chi connectivity index (χ2v) is 9.92. The van der Waals surface area contributed by atoms with Gasteiger partial charge in [0.15, 0.2) is 5.16 Å². The van der Waals surface area contributed by atoms with Gasteiger partial charge >= 0.3 is 0 Å². The molecule has 1 N–H and O–H groups in total. The highest BCUT2D eigenvalue weighted by Gasteiger charge is 2.22. The Labute approximate surface area is 197 Å². The van der Waals surface area contributed by atoms with E-state index in [1.54, 1.807) is 15.9 Å². The number of benzene rings is 1. The van der Waals surface area contributed by atoms with Gasteiger partial charge in [0, 0.05) is 35.9 Å². The van der Waals surface area contributed by atoms with Crippen molar-refractivity contribution in [3.8, 4) is 0 Å². The van der Waals surface area contributed by atoms with Gasteiger partial charge in [-0.1, -0.05) is 11.8 Å². The summed E-state index contributed by atoms with van der Waals surface area (Å²) in [5.74, 6) is 0.106. The lowest BCUT2D eigenvalue weighted by atomic mass is 9.97. The van der Waals surface area contributed by atoms with Crippen LogP contribution in [0.2, 0.25) is 0 Å². The molecule has 6 nitrogen and oxygen atoms in total. The van der Waals surface area contributed by atoms with Gasteiger partial charge in [-0.05, 0) is 76.3 Å². The molecule has 3 aromatic rings. The van der Waals surface area contributed by atoms with Crippen molar-refractivity contribution in [2.45, 2.75) is 58.2 Å². The van der Waals surface area contributed by atoms with Crippen molar-refractivity contribution < 1.29 is 4.79 Å². The molecule has 8 heteroatoms. The van der Waals surface area contributed by atoms with Gasteiger partial charge in [-0.2, -0.15) is 0 Å². The lowest BCUT2D eigenvalue weighted by Crippen LogP contribution is -2.24. The zero-order valence-electron chi connectivity index (χ0n) is 18.9. The number of thiophene rings is 1. The molecule has 0 radical (unpaired) electrons. The largest absolute Gasteiger partial charge is 0.372 e. The molecular weight excluding hydrogens is 440 g/mol. The van der Waals surface area contributed by atoms with Crippen LogP contribution in [-0.2, 0) is 24.2 Å². The Kier molecular flexibility index (Phi) is 7.20. The Bertz CT molecular complexity index is 1160. The summed E-state index contributed by atoms with van der Waals surface area (Å²) in [5, 5.41) is 4.37. The lowest BCUT2D eigenvalue weighted by molar-refractivity contribution is -0.113. The number of rotatable bonds is 8. The first kappa shape index (κ1) is 22.9. The van der Waals surface area contributed by atoms with Crippen LogP contribution in [0, 0.1) is 0 Å². The Morgan fingerprint density at radius 3 is 2.56 bits per heavy atom. The third kappa shape index (κ3) is 4.57. The van der Waals surface area contributed by atoms with E-state index in [0.29, 0.717) is 11.7 Å². The molecule has 170 valence electrons. The Balaban J connectivity index is 1.48. The van der Waals surface area contributed by atoms with Crippen molar-refractivity contribution in [1.29, 1.82) is 0 Å². The Hall–Kier alpha value is -2.32. The highest BCUT2D eigenvalue weighted by atomic mass is 32.2. The topological polar surface area (TPSA) is 67.2 Å². The fourth-order valence-corrected chi connectivity index (χ4v) is 6.45. The second kappa shape index (κ2) is 10.1.